The Morgan fingerprint density at radius 1 is 1.29 bits per heavy atom. The van der Waals surface area contributed by atoms with Crippen molar-refractivity contribution in [1.82, 2.24) is 14.7 Å². The molecule has 3 rings (SSSR count). The first-order chi connectivity index (χ1) is 10.3. The molecule has 0 aliphatic carbocycles. The molecule has 0 aliphatic rings. The Balaban J connectivity index is 1.75. The summed E-state index contributed by atoms with van der Waals surface area (Å²) >= 11 is 0. The molecule has 0 atom stereocenters. The fourth-order valence-corrected chi connectivity index (χ4v) is 2.03. The fourth-order valence-electron chi connectivity index (χ4n) is 2.03. The zero-order valence-corrected chi connectivity index (χ0v) is 11.2. The Morgan fingerprint density at radius 2 is 2.19 bits per heavy atom. The Kier molecular flexibility index (Phi) is 3.51. The number of carbonyl (C=O) groups is 1. The van der Waals surface area contributed by atoms with Crippen LogP contribution in [0.15, 0.2) is 58.2 Å². The van der Waals surface area contributed by atoms with Gasteiger partial charge in [-0.1, -0.05) is 6.07 Å². The first kappa shape index (κ1) is 13.1. The van der Waals surface area contributed by atoms with Crippen molar-refractivity contribution in [2.45, 2.75) is 6.42 Å². The van der Waals surface area contributed by atoms with Crippen LogP contribution in [0, 0.1) is 0 Å². The first-order valence-electron chi connectivity index (χ1n) is 6.53. The van der Waals surface area contributed by atoms with Crippen molar-refractivity contribution in [3.05, 3.63) is 70.7 Å². The molecule has 0 bridgehead atoms. The molecule has 0 spiro atoms. The average molecular weight is 283 g/mol. The van der Waals surface area contributed by atoms with Crippen molar-refractivity contribution in [1.29, 1.82) is 0 Å². The first-order valence-corrected chi connectivity index (χ1v) is 6.53. The van der Waals surface area contributed by atoms with E-state index in [2.05, 4.69) is 10.3 Å². The van der Waals surface area contributed by atoms with Gasteiger partial charge < -0.3 is 9.73 Å². The van der Waals surface area contributed by atoms with E-state index in [-0.39, 0.29) is 11.1 Å². The molecule has 106 valence electrons. The van der Waals surface area contributed by atoms with E-state index in [9.17, 15) is 9.59 Å². The lowest BCUT2D eigenvalue weighted by Crippen LogP contribution is -2.32. The smallest absolute Gasteiger partial charge is 0.270 e. The van der Waals surface area contributed by atoms with Crippen molar-refractivity contribution in [2.75, 3.05) is 6.54 Å². The summed E-state index contributed by atoms with van der Waals surface area (Å²) in [5.41, 5.74) is 0.156. The fraction of sp³-hybridized carbons (Fsp3) is 0.133. The van der Waals surface area contributed by atoms with Crippen LogP contribution in [-0.2, 0) is 6.42 Å². The number of fused-ring (bicyclic) bond motifs is 1. The molecule has 6 nitrogen and oxygen atoms in total. The second-order valence-electron chi connectivity index (χ2n) is 4.49. The highest BCUT2D eigenvalue weighted by Gasteiger charge is 2.12. The number of carbonyl (C=O) groups excluding carboxylic acids is 1. The number of pyridine rings is 1. The number of nitrogens with one attached hydrogen (secondary N) is 1. The number of nitrogens with zero attached hydrogens (tertiary/aromatic N) is 2. The monoisotopic (exact) mass is 283 g/mol. The van der Waals surface area contributed by atoms with Gasteiger partial charge in [0.1, 0.15) is 17.0 Å². The third kappa shape index (κ3) is 2.69. The lowest BCUT2D eigenvalue weighted by Gasteiger charge is -2.05. The van der Waals surface area contributed by atoms with Crippen LogP contribution in [0.5, 0.6) is 0 Å². The van der Waals surface area contributed by atoms with Gasteiger partial charge in [-0.15, -0.1) is 0 Å². The minimum atomic E-state index is -0.433. The van der Waals surface area contributed by atoms with Crippen molar-refractivity contribution in [3.63, 3.8) is 0 Å². The molecule has 0 unspecified atom stereocenters. The summed E-state index contributed by atoms with van der Waals surface area (Å²) in [6.45, 7) is 0.392. The van der Waals surface area contributed by atoms with Gasteiger partial charge in [0.15, 0.2) is 0 Å². The third-order valence-electron chi connectivity index (χ3n) is 3.10. The van der Waals surface area contributed by atoms with E-state index < -0.39 is 5.91 Å². The zero-order chi connectivity index (χ0) is 14.7. The Hall–Kier alpha value is -2.89. The summed E-state index contributed by atoms with van der Waals surface area (Å²) < 4.78 is 6.52. The van der Waals surface area contributed by atoms with Crippen molar-refractivity contribution in [3.8, 4) is 0 Å². The molecule has 3 aromatic rings. The van der Waals surface area contributed by atoms with Crippen LogP contribution >= 0.6 is 0 Å². The van der Waals surface area contributed by atoms with Gasteiger partial charge in [-0.25, -0.2) is 4.98 Å². The van der Waals surface area contributed by atoms with E-state index in [1.165, 1.54) is 10.6 Å². The Morgan fingerprint density at radius 3 is 3.00 bits per heavy atom. The van der Waals surface area contributed by atoms with E-state index in [4.69, 9.17) is 4.42 Å². The van der Waals surface area contributed by atoms with Crippen molar-refractivity contribution >= 4 is 11.6 Å². The molecule has 3 aromatic heterocycles. The summed E-state index contributed by atoms with van der Waals surface area (Å²) in [4.78, 5) is 28.4. The second-order valence-corrected chi connectivity index (χ2v) is 4.49. The predicted molar refractivity (Wildman–Crippen MR) is 76.2 cm³/mol. The maximum atomic E-state index is 12.2. The highest BCUT2D eigenvalue weighted by atomic mass is 16.3. The molecular formula is C15H13N3O3. The summed E-state index contributed by atoms with van der Waals surface area (Å²) in [6, 6.07) is 8.83. The summed E-state index contributed by atoms with van der Waals surface area (Å²) in [7, 11) is 0. The van der Waals surface area contributed by atoms with Crippen LogP contribution in [0.25, 0.3) is 5.65 Å². The van der Waals surface area contributed by atoms with Gasteiger partial charge in [0.2, 0.25) is 0 Å². The second kappa shape index (κ2) is 5.62. The van der Waals surface area contributed by atoms with E-state index in [0.29, 0.717) is 18.6 Å². The summed E-state index contributed by atoms with van der Waals surface area (Å²) in [5.74, 6) is 0.348. The van der Waals surface area contributed by atoms with Crippen LogP contribution in [0.1, 0.15) is 16.1 Å². The molecular weight excluding hydrogens is 270 g/mol. The zero-order valence-electron chi connectivity index (χ0n) is 11.2. The minimum absolute atomic E-state index is 0.0261. The summed E-state index contributed by atoms with van der Waals surface area (Å²) in [6.07, 6.45) is 5.04. The van der Waals surface area contributed by atoms with E-state index in [1.54, 1.807) is 36.7 Å². The van der Waals surface area contributed by atoms with Gasteiger partial charge in [-0.2, -0.15) is 0 Å². The maximum absolute atomic E-state index is 12.2. The number of rotatable bonds is 4. The van der Waals surface area contributed by atoms with Crippen molar-refractivity contribution < 1.29 is 9.21 Å². The predicted octanol–water partition coefficient (Wildman–Crippen LogP) is 1.26. The molecule has 0 aliphatic heterocycles. The largest absolute Gasteiger partial charge is 0.469 e. The Labute approximate surface area is 120 Å². The maximum Gasteiger partial charge on any atom is 0.270 e. The standard InChI is InChI=1S/C15H13N3O3/c19-14(16-7-6-11-4-3-9-21-11)12-10-17-13-5-1-2-8-18(13)15(12)20/h1-5,8-10H,6-7H2,(H,16,19). The van der Waals surface area contributed by atoms with Gasteiger partial charge in [0.05, 0.1) is 6.26 Å². The van der Waals surface area contributed by atoms with Crippen LogP contribution in [0.4, 0.5) is 0 Å². The van der Waals surface area contributed by atoms with Crippen LogP contribution < -0.4 is 10.9 Å². The lowest BCUT2D eigenvalue weighted by atomic mass is 10.3. The molecule has 21 heavy (non-hydrogen) atoms. The van der Waals surface area contributed by atoms with Crippen LogP contribution in [-0.4, -0.2) is 21.8 Å². The van der Waals surface area contributed by atoms with Crippen molar-refractivity contribution in [2.24, 2.45) is 0 Å². The molecule has 0 radical (unpaired) electrons. The van der Waals surface area contributed by atoms with E-state index in [1.807, 2.05) is 6.07 Å². The molecule has 0 fully saturated rings. The van der Waals surface area contributed by atoms with Crippen LogP contribution in [0.2, 0.25) is 0 Å². The third-order valence-corrected chi connectivity index (χ3v) is 3.10. The van der Waals surface area contributed by atoms with E-state index >= 15 is 0 Å². The summed E-state index contributed by atoms with van der Waals surface area (Å²) in [5, 5.41) is 2.69. The van der Waals surface area contributed by atoms with Gasteiger partial charge in [-0.3, -0.25) is 14.0 Å². The quantitative estimate of drug-likeness (QED) is 0.782. The van der Waals surface area contributed by atoms with Gasteiger partial charge in [0, 0.05) is 25.4 Å². The molecule has 6 heteroatoms. The number of hydrogen-bond acceptors (Lipinski definition) is 4. The lowest BCUT2D eigenvalue weighted by molar-refractivity contribution is 0.0951. The topological polar surface area (TPSA) is 76.6 Å². The van der Waals surface area contributed by atoms with Gasteiger partial charge >= 0.3 is 0 Å². The van der Waals surface area contributed by atoms with Gasteiger partial charge in [-0.05, 0) is 24.3 Å². The molecule has 3 heterocycles. The Bertz CT molecular complexity index is 822. The normalized spacial score (nSPS) is 10.7. The minimum Gasteiger partial charge on any atom is -0.469 e. The molecule has 0 saturated carbocycles. The number of amides is 1. The highest BCUT2D eigenvalue weighted by Crippen LogP contribution is 2.00. The highest BCUT2D eigenvalue weighted by molar-refractivity contribution is 5.93. The van der Waals surface area contributed by atoms with E-state index in [0.717, 1.165) is 5.76 Å². The number of furan rings is 1. The average Bonchev–Trinajstić information content (AvgIpc) is 3.01. The van der Waals surface area contributed by atoms with Gasteiger partial charge in [0.25, 0.3) is 11.5 Å². The molecule has 1 amide bonds. The van der Waals surface area contributed by atoms with Crippen LogP contribution in [0.3, 0.4) is 0 Å². The molecule has 0 aromatic carbocycles. The molecule has 1 N–H and O–H groups in total. The number of hydrogen-bond donors (Lipinski definition) is 1. The SMILES string of the molecule is O=C(NCCc1ccco1)c1cnc2ccccn2c1=O. The number of aromatic nitrogens is 2. The molecule has 0 saturated heterocycles.